The Labute approximate surface area is 95.8 Å². The molecule has 0 radical (unpaired) electrons. The molecular weight excluding hydrogens is 237 g/mol. The molecule has 1 aromatic carbocycles. The molecule has 0 aliphatic carbocycles. The van der Waals surface area contributed by atoms with Gasteiger partial charge in [0.05, 0.1) is 5.56 Å². The standard InChI is InChI=1S/C11H11F3O3/c1-10(16,11(12,13)14)7-17-9(15)8-5-3-2-4-6-8/h2-6,16H,7H2,1H3. The maximum Gasteiger partial charge on any atom is 0.420 e. The fraction of sp³-hybridized carbons (Fsp3) is 0.364. The molecule has 0 bridgehead atoms. The van der Waals surface area contributed by atoms with E-state index in [-0.39, 0.29) is 5.56 Å². The lowest BCUT2D eigenvalue weighted by molar-refractivity contribution is -0.262. The highest BCUT2D eigenvalue weighted by Crippen LogP contribution is 2.30. The molecule has 0 aliphatic rings. The number of hydrogen-bond acceptors (Lipinski definition) is 3. The monoisotopic (exact) mass is 248 g/mol. The Morgan fingerprint density at radius 3 is 2.29 bits per heavy atom. The maximum atomic E-state index is 12.2. The molecule has 1 N–H and O–H groups in total. The van der Waals surface area contributed by atoms with E-state index in [0.717, 1.165) is 0 Å². The minimum absolute atomic E-state index is 0.130. The molecule has 0 spiro atoms. The maximum absolute atomic E-state index is 12.2. The van der Waals surface area contributed by atoms with Crippen molar-refractivity contribution in [1.29, 1.82) is 0 Å². The third-order valence-corrected chi connectivity index (χ3v) is 2.10. The van der Waals surface area contributed by atoms with Crippen molar-refractivity contribution in [2.24, 2.45) is 0 Å². The van der Waals surface area contributed by atoms with Crippen LogP contribution in [0.2, 0.25) is 0 Å². The van der Waals surface area contributed by atoms with Crippen molar-refractivity contribution < 1.29 is 27.8 Å². The third-order valence-electron chi connectivity index (χ3n) is 2.10. The van der Waals surface area contributed by atoms with E-state index in [0.29, 0.717) is 6.92 Å². The van der Waals surface area contributed by atoms with Gasteiger partial charge in [-0.3, -0.25) is 0 Å². The van der Waals surface area contributed by atoms with Crippen LogP contribution in [0.4, 0.5) is 13.2 Å². The first kappa shape index (κ1) is 13.5. The number of carbonyl (C=O) groups is 1. The summed E-state index contributed by atoms with van der Waals surface area (Å²) in [6.45, 7) is -0.588. The van der Waals surface area contributed by atoms with Gasteiger partial charge in [-0.25, -0.2) is 4.79 Å². The molecular formula is C11H11F3O3. The summed E-state index contributed by atoms with van der Waals surface area (Å²) in [6, 6.07) is 7.58. The fourth-order valence-corrected chi connectivity index (χ4v) is 0.945. The van der Waals surface area contributed by atoms with Crippen molar-refractivity contribution in [2.45, 2.75) is 18.7 Å². The highest BCUT2D eigenvalue weighted by molar-refractivity contribution is 5.89. The van der Waals surface area contributed by atoms with Gasteiger partial charge in [-0.2, -0.15) is 13.2 Å². The summed E-state index contributed by atoms with van der Waals surface area (Å²) >= 11 is 0. The Morgan fingerprint density at radius 1 is 1.29 bits per heavy atom. The molecule has 0 fully saturated rings. The van der Waals surface area contributed by atoms with E-state index in [1.807, 2.05) is 0 Å². The molecule has 0 aliphatic heterocycles. The topological polar surface area (TPSA) is 46.5 Å². The highest BCUT2D eigenvalue weighted by Gasteiger charge is 2.50. The van der Waals surface area contributed by atoms with Crippen LogP contribution in [0.3, 0.4) is 0 Å². The number of ether oxygens (including phenoxy) is 1. The molecule has 0 amide bonds. The number of benzene rings is 1. The first-order chi connectivity index (χ1) is 7.74. The summed E-state index contributed by atoms with van der Waals surface area (Å²) < 4.78 is 41.1. The minimum Gasteiger partial charge on any atom is -0.459 e. The van der Waals surface area contributed by atoms with Crippen LogP contribution >= 0.6 is 0 Å². The molecule has 0 saturated carbocycles. The van der Waals surface area contributed by atoms with E-state index in [1.54, 1.807) is 18.2 Å². The van der Waals surface area contributed by atoms with Crippen LogP contribution in [0.5, 0.6) is 0 Å². The van der Waals surface area contributed by atoms with Crippen molar-refractivity contribution in [2.75, 3.05) is 6.61 Å². The summed E-state index contributed by atoms with van der Waals surface area (Å²) in [5.74, 6) is -0.907. The number of esters is 1. The van der Waals surface area contributed by atoms with Crippen molar-refractivity contribution in [3.8, 4) is 0 Å². The average molecular weight is 248 g/mol. The summed E-state index contributed by atoms with van der Waals surface area (Å²) in [6.07, 6.45) is -4.84. The third kappa shape index (κ3) is 3.45. The van der Waals surface area contributed by atoms with Gasteiger partial charge in [0.2, 0.25) is 0 Å². The smallest absolute Gasteiger partial charge is 0.420 e. The van der Waals surface area contributed by atoms with E-state index in [1.165, 1.54) is 12.1 Å². The largest absolute Gasteiger partial charge is 0.459 e. The number of alkyl halides is 3. The van der Waals surface area contributed by atoms with Crippen LogP contribution in [0.1, 0.15) is 17.3 Å². The molecule has 0 saturated heterocycles. The van der Waals surface area contributed by atoms with Crippen molar-refractivity contribution in [1.82, 2.24) is 0 Å². The Bertz CT molecular complexity index is 385. The molecule has 6 heteroatoms. The summed E-state index contributed by atoms with van der Waals surface area (Å²) in [5, 5.41) is 9.04. The van der Waals surface area contributed by atoms with Crippen LogP contribution in [0.15, 0.2) is 30.3 Å². The second-order valence-corrected chi connectivity index (χ2v) is 3.71. The molecule has 1 unspecified atom stereocenters. The zero-order valence-corrected chi connectivity index (χ0v) is 8.99. The van der Waals surface area contributed by atoms with E-state index in [4.69, 9.17) is 5.11 Å². The quantitative estimate of drug-likeness (QED) is 0.834. The molecule has 0 aromatic heterocycles. The van der Waals surface area contributed by atoms with Crippen LogP contribution in [-0.4, -0.2) is 29.5 Å². The number of rotatable bonds is 3. The molecule has 0 heterocycles. The summed E-state index contributed by atoms with van der Waals surface area (Å²) in [4.78, 5) is 11.3. The van der Waals surface area contributed by atoms with Crippen molar-refractivity contribution in [3.05, 3.63) is 35.9 Å². The second-order valence-electron chi connectivity index (χ2n) is 3.71. The minimum atomic E-state index is -4.84. The predicted octanol–water partition coefficient (Wildman–Crippen LogP) is 2.16. The molecule has 1 atom stereocenters. The van der Waals surface area contributed by atoms with Crippen LogP contribution in [0, 0.1) is 0 Å². The van der Waals surface area contributed by atoms with Crippen molar-refractivity contribution >= 4 is 5.97 Å². The van der Waals surface area contributed by atoms with Gasteiger partial charge in [0.15, 0.2) is 5.60 Å². The Hall–Kier alpha value is -1.56. The van der Waals surface area contributed by atoms with E-state index < -0.39 is 24.4 Å². The number of hydrogen-bond donors (Lipinski definition) is 1. The van der Waals surface area contributed by atoms with Crippen LogP contribution in [-0.2, 0) is 4.74 Å². The Balaban J connectivity index is 2.61. The van der Waals surface area contributed by atoms with Gasteiger partial charge in [-0.1, -0.05) is 18.2 Å². The van der Waals surface area contributed by atoms with Crippen molar-refractivity contribution in [3.63, 3.8) is 0 Å². The van der Waals surface area contributed by atoms with Gasteiger partial charge in [-0.15, -0.1) is 0 Å². The van der Waals surface area contributed by atoms with E-state index in [9.17, 15) is 18.0 Å². The molecule has 3 nitrogen and oxygen atoms in total. The lowest BCUT2D eigenvalue weighted by Crippen LogP contribution is -2.46. The lowest BCUT2D eigenvalue weighted by atomic mass is 10.1. The number of halogens is 3. The highest BCUT2D eigenvalue weighted by atomic mass is 19.4. The zero-order valence-electron chi connectivity index (χ0n) is 8.99. The molecule has 17 heavy (non-hydrogen) atoms. The average Bonchev–Trinajstić information content (AvgIpc) is 2.25. The zero-order chi connectivity index (χ0) is 13.1. The molecule has 1 rings (SSSR count). The first-order valence-corrected chi connectivity index (χ1v) is 4.75. The Morgan fingerprint density at radius 2 is 1.82 bits per heavy atom. The van der Waals surface area contributed by atoms with Gasteiger partial charge in [0.25, 0.3) is 0 Å². The van der Waals surface area contributed by atoms with Gasteiger partial charge in [0, 0.05) is 0 Å². The van der Waals surface area contributed by atoms with Gasteiger partial charge in [-0.05, 0) is 19.1 Å². The van der Waals surface area contributed by atoms with E-state index in [2.05, 4.69) is 4.74 Å². The predicted molar refractivity (Wildman–Crippen MR) is 53.4 cm³/mol. The number of aliphatic hydroxyl groups is 1. The summed E-state index contributed by atoms with van der Waals surface area (Å²) in [7, 11) is 0. The van der Waals surface area contributed by atoms with E-state index >= 15 is 0 Å². The SMILES string of the molecule is CC(O)(COC(=O)c1ccccc1)C(F)(F)F. The fourth-order valence-electron chi connectivity index (χ4n) is 0.945. The lowest BCUT2D eigenvalue weighted by Gasteiger charge is -2.25. The summed E-state index contributed by atoms with van der Waals surface area (Å²) in [5.41, 5.74) is -2.91. The van der Waals surface area contributed by atoms with Crippen LogP contribution in [0.25, 0.3) is 0 Å². The normalized spacial score (nSPS) is 15.1. The Kier molecular flexibility index (Phi) is 3.77. The van der Waals surface area contributed by atoms with Crippen LogP contribution < -0.4 is 0 Å². The number of carbonyl (C=O) groups excluding carboxylic acids is 1. The first-order valence-electron chi connectivity index (χ1n) is 4.75. The molecule has 1 aromatic rings. The molecule has 94 valence electrons. The van der Waals surface area contributed by atoms with Gasteiger partial charge in [0.1, 0.15) is 6.61 Å². The van der Waals surface area contributed by atoms with Gasteiger partial charge >= 0.3 is 12.1 Å². The second kappa shape index (κ2) is 4.75. The van der Waals surface area contributed by atoms with Gasteiger partial charge < -0.3 is 9.84 Å².